The van der Waals surface area contributed by atoms with Crippen molar-refractivity contribution in [2.45, 2.75) is 45.4 Å². The average Bonchev–Trinajstić information content (AvgIpc) is 2.76. The Morgan fingerprint density at radius 3 is 2.03 bits per heavy atom. The van der Waals surface area contributed by atoms with Gasteiger partial charge in [0.2, 0.25) is 11.8 Å². The van der Waals surface area contributed by atoms with E-state index in [4.69, 9.17) is 10.5 Å². The van der Waals surface area contributed by atoms with Crippen LogP contribution in [0.2, 0.25) is 0 Å². The lowest BCUT2D eigenvalue weighted by Crippen LogP contribution is -2.55. The lowest BCUT2D eigenvalue weighted by molar-refractivity contribution is -0.129. The standard InChI is InChI=1S/C23H29N3O4/c1-3-16(2)20(26-23(29)30-15-18-12-8-5-9-13-18)22(28)25-19(21(24)27)14-17-10-6-4-7-11-17/h4-13,16,19-20H,3,14-15H2,1-2H3,(H2,24,27)(H,25,28)(H,26,29)/t16?,19-,20-/m0/s1. The molecule has 0 fully saturated rings. The van der Waals surface area contributed by atoms with Gasteiger partial charge in [-0.05, 0) is 17.0 Å². The number of benzene rings is 2. The molecule has 0 heterocycles. The molecule has 4 N–H and O–H groups in total. The molecule has 7 nitrogen and oxygen atoms in total. The first-order chi connectivity index (χ1) is 14.4. The van der Waals surface area contributed by atoms with E-state index in [1.807, 2.05) is 74.5 Å². The number of nitrogens with one attached hydrogen (secondary N) is 2. The fourth-order valence-electron chi connectivity index (χ4n) is 2.93. The molecule has 3 amide bonds. The van der Waals surface area contributed by atoms with Gasteiger partial charge in [0.15, 0.2) is 0 Å². The van der Waals surface area contributed by atoms with E-state index in [0.29, 0.717) is 6.42 Å². The predicted molar refractivity (Wildman–Crippen MR) is 114 cm³/mol. The van der Waals surface area contributed by atoms with Crippen LogP contribution in [-0.2, 0) is 27.4 Å². The Bertz CT molecular complexity index is 827. The summed E-state index contributed by atoms with van der Waals surface area (Å²) in [5, 5.41) is 5.30. The maximum Gasteiger partial charge on any atom is 0.408 e. The number of carbonyl (C=O) groups is 3. The van der Waals surface area contributed by atoms with Crippen molar-refractivity contribution in [3.05, 3.63) is 71.8 Å². The summed E-state index contributed by atoms with van der Waals surface area (Å²) in [7, 11) is 0. The van der Waals surface area contributed by atoms with Crippen LogP contribution in [0.5, 0.6) is 0 Å². The molecule has 2 aromatic carbocycles. The van der Waals surface area contributed by atoms with Gasteiger partial charge in [0.25, 0.3) is 0 Å². The molecular weight excluding hydrogens is 382 g/mol. The van der Waals surface area contributed by atoms with Crippen molar-refractivity contribution in [1.29, 1.82) is 0 Å². The predicted octanol–water partition coefficient (Wildman–Crippen LogP) is 2.54. The van der Waals surface area contributed by atoms with Crippen LogP contribution in [0, 0.1) is 5.92 Å². The Balaban J connectivity index is 2.00. The summed E-state index contributed by atoms with van der Waals surface area (Å²) >= 11 is 0. The van der Waals surface area contributed by atoms with Gasteiger partial charge in [-0.25, -0.2) is 4.79 Å². The molecule has 0 aliphatic rings. The minimum Gasteiger partial charge on any atom is -0.445 e. The average molecular weight is 412 g/mol. The smallest absolute Gasteiger partial charge is 0.408 e. The fraction of sp³-hybridized carbons (Fsp3) is 0.348. The Morgan fingerprint density at radius 1 is 0.933 bits per heavy atom. The number of carbonyl (C=O) groups excluding carboxylic acids is 3. The van der Waals surface area contributed by atoms with Crippen LogP contribution in [-0.4, -0.2) is 30.0 Å². The first-order valence-corrected chi connectivity index (χ1v) is 10.0. The molecule has 0 spiro atoms. The van der Waals surface area contributed by atoms with Gasteiger partial charge in [-0.15, -0.1) is 0 Å². The van der Waals surface area contributed by atoms with E-state index in [1.54, 1.807) is 0 Å². The summed E-state index contributed by atoms with van der Waals surface area (Å²) in [5.74, 6) is -1.28. The molecule has 2 rings (SSSR count). The highest BCUT2D eigenvalue weighted by atomic mass is 16.5. The van der Waals surface area contributed by atoms with Crippen LogP contribution in [0.1, 0.15) is 31.4 Å². The van der Waals surface area contributed by atoms with Gasteiger partial charge in [-0.1, -0.05) is 80.9 Å². The quantitative estimate of drug-likeness (QED) is 0.558. The van der Waals surface area contributed by atoms with Crippen molar-refractivity contribution in [1.82, 2.24) is 10.6 Å². The molecule has 0 saturated carbocycles. The Kier molecular flexibility index (Phi) is 8.87. The van der Waals surface area contributed by atoms with Gasteiger partial charge in [-0.2, -0.15) is 0 Å². The summed E-state index contributed by atoms with van der Waals surface area (Å²) in [6.07, 6.45) is 0.225. The lowest BCUT2D eigenvalue weighted by Gasteiger charge is -2.25. The van der Waals surface area contributed by atoms with Gasteiger partial charge in [0.05, 0.1) is 0 Å². The second-order valence-corrected chi connectivity index (χ2v) is 7.22. The highest BCUT2D eigenvalue weighted by molar-refractivity contribution is 5.91. The summed E-state index contributed by atoms with van der Waals surface area (Å²) in [5.41, 5.74) is 7.20. The monoisotopic (exact) mass is 411 g/mol. The van der Waals surface area contributed by atoms with Crippen LogP contribution >= 0.6 is 0 Å². The summed E-state index contributed by atoms with van der Waals surface area (Å²) in [4.78, 5) is 37.0. The van der Waals surface area contributed by atoms with Crippen LogP contribution in [0.25, 0.3) is 0 Å². The summed E-state index contributed by atoms with van der Waals surface area (Å²) < 4.78 is 5.23. The molecule has 160 valence electrons. The molecule has 1 unspecified atom stereocenters. The molecule has 2 aromatic rings. The zero-order valence-electron chi connectivity index (χ0n) is 17.3. The highest BCUT2D eigenvalue weighted by Crippen LogP contribution is 2.11. The van der Waals surface area contributed by atoms with Gasteiger partial charge in [-0.3, -0.25) is 9.59 Å². The number of ether oxygens (including phenoxy) is 1. The third kappa shape index (κ3) is 7.24. The van der Waals surface area contributed by atoms with E-state index in [9.17, 15) is 14.4 Å². The molecule has 30 heavy (non-hydrogen) atoms. The third-order valence-corrected chi connectivity index (χ3v) is 4.92. The number of nitrogens with two attached hydrogens (primary N) is 1. The summed E-state index contributed by atoms with van der Waals surface area (Å²) in [6.45, 7) is 3.86. The highest BCUT2D eigenvalue weighted by Gasteiger charge is 2.29. The fourth-order valence-corrected chi connectivity index (χ4v) is 2.93. The van der Waals surface area contributed by atoms with E-state index < -0.39 is 30.0 Å². The van der Waals surface area contributed by atoms with Gasteiger partial charge < -0.3 is 21.1 Å². The Morgan fingerprint density at radius 2 is 1.50 bits per heavy atom. The van der Waals surface area contributed by atoms with Crippen molar-refractivity contribution in [3.63, 3.8) is 0 Å². The first-order valence-electron chi connectivity index (χ1n) is 10.0. The molecule has 0 bridgehead atoms. The molecule has 0 radical (unpaired) electrons. The summed E-state index contributed by atoms with van der Waals surface area (Å²) in [6, 6.07) is 16.8. The lowest BCUT2D eigenvalue weighted by atomic mass is 9.97. The van der Waals surface area contributed by atoms with Crippen LogP contribution in [0.4, 0.5) is 4.79 Å². The zero-order valence-corrected chi connectivity index (χ0v) is 17.3. The van der Waals surface area contributed by atoms with Gasteiger partial charge in [0, 0.05) is 6.42 Å². The molecule has 3 atom stereocenters. The Hall–Kier alpha value is -3.35. The maximum atomic E-state index is 12.9. The minimum absolute atomic E-state index is 0.0967. The van der Waals surface area contributed by atoms with Crippen molar-refractivity contribution in [3.8, 4) is 0 Å². The topological polar surface area (TPSA) is 111 Å². The number of rotatable bonds is 10. The van der Waals surface area contributed by atoms with Crippen molar-refractivity contribution in [2.24, 2.45) is 11.7 Å². The molecule has 0 saturated heterocycles. The molecular formula is C23H29N3O4. The molecule has 7 heteroatoms. The second-order valence-electron chi connectivity index (χ2n) is 7.22. The number of hydrogen-bond donors (Lipinski definition) is 3. The number of primary amides is 1. The largest absolute Gasteiger partial charge is 0.445 e. The van der Waals surface area contributed by atoms with E-state index in [0.717, 1.165) is 11.1 Å². The van der Waals surface area contributed by atoms with Crippen molar-refractivity contribution in [2.75, 3.05) is 0 Å². The first kappa shape index (κ1) is 22.9. The zero-order chi connectivity index (χ0) is 21.9. The maximum absolute atomic E-state index is 12.9. The molecule has 0 aliphatic heterocycles. The van der Waals surface area contributed by atoms with Crippen molar-refractivity contribution < 1.29 is 19.1 Å². The number of alkyl carbamates (subject to hydrolysis) is 1. The molecule has 0 aromatic heterocycles. The van der Waals surface area contributed by atoms with Gasteiger partial charge in [0.1, 0.15) is 18.7 Å². The van der Waals surface area contributed by atoms with Crippen LogP contribution < -0.4 is 16.4 Å². The van der Waals surface area contributed by atoms with Crippen LogP contribution in [0.3, 0.4) is 0 Å². The van der Waals surface area contributed by atoms with E-state index in [2.05, 4.69) is 10.6 Å². The second kappa shape index (κ2) is 11.6. The number of amides is 3. The van der Waals surface area contributed by atoms with E-state index in [-0.39, 0.29) is 18.9 Å². The molecule has 0 aliphatic carbocycles. The number of hydrogen-bond acceptors (Lipinski definition) is 4. The third-order valence-electron chi connectivity index (χ3n) is 4.92. The van der Waals surface area contributed by atoms with E-state index >= 15 is 0 Å². The Labute approximate surface area is 177 Å². The van der Waals surface area contributed by atoms with Crippen LogP contribution in [0.15, 0.2) is 60.7 Å². The minimum atomic E-state index is -0.881. The van der Waals surface area contributed by atoms with Gasteiger partial charge >= 0.3 is 6.09 Å². The SMILES string of the molecule is CCC(C)[C@H](NC(=O)OCc1ccccc1)C(=O)N[C@@H](Cc1ccccc1)C(N)=O. The normalized spacial score (nSPS) is 13.5. The van der Waals surface area contributed by atoms with E-state index in [1.165, 1.54) is 0 Å². The van der Waals surface area contributed by atoms with Crippen molar-refractivity contribution >= 4 is 17.9 Å².